The van der Waals surface area contributed by atoms with Gasteiger partial charge in [0.05, 0.1) is 0 Å². The maximum atomic E-state index is 12.1. The van der Waals surface area contributed by atoms with E-state index in [-0.39, 0.29) is 23.5 Å². The Bertz CT molecular complexity index is 1150. The van der Waals surface area contributed by atoms with Gasteiger partial charge < -0.3 is 19.6 Å². The molecule has 2 N–H and O–H groups in total. The summed E-state index contributed by atoms with van der Waals surface area (Å²) in [6.45, 7) is 5.57. The molecule has 144 valence electrons. The van der Waals surface area contributed by atoms with Crippen LogP contribution in [0.25, 0.3) is 11.0 Å². The fourth-order valence-electron chi connectivity index (χ4n) is 2.78. The molecular formula is C21H19NO6. The van der Waals surface area contributed by atoms with Gasteiger partial charge in [-0.2, -0.15) is 0 Å². The molecule has 1 aromatic heterocycles. The molecule has 28 heavy (non-hydrogen) atoms. The van der Waals surface area contributed by atoms with Gasteiger partial charge in [-0.1, -0.05) is 6.07 Å². The molecule has 0 bridgehead atoms. The molecule has 0 saturated carbocycles. The van der Waals surface area contributed by atoms with Gasteiger partial charge in [-0.15, -0.1) is 0 Å². The maximum Gasteiger partial charge on any atom is 0.349 e. The van der Waals surface area contributed by atoms with Crippen molar-refractivity contribution in [1.82, 2.24) is 0 Å². The van der Waals surface area contributed by atoms with Crippen molar-refractivity contribution in [3.63, 3.8) is 0 Å². The van der Waals surface area contributed by atoms with Crippen LogP contribution in [0.5, 0.6) is 11.5 Å². The van der Waals surface area contributed by atoms with Crippen LogP contribution in [0.3, 0.4) is 0 Å². The van der Waals surface area contributed by atoms with E-state index < -0.39 is 17.5 Å². The van der Waals surface area contributed by atoms with E-state index in [9.17, 15) is 14.4 Å². The van der Waals surface area contributed by atoms with Crippen LogP contribution >= 0.6 is 0 Å². The highest BCUT2D eigenvalue weighted by atomic mass is 16.6. The molecule has 0 atom stereocenters. The minimum atomic E-state index is -0.870. The predicted octanol–water partition coefficient (Wildman–Crippen LogP) is 2.80. The lowest BCUT2D eigenvalue weighted by Crippen LogP contribution is -2.20. The summed E-state index contributed by atoms with van der Waals surface area (Å²) in [4.78, 5) is 35.1. The molecule has 0 fully saturated rings. The van der Waals surface area contributed by atoms with E-state index in [0.717, 1.165) is 16.7 Å². The Morgan fingerprint density at radius 1 is 1.07 bits per heavy atom. The first-order valence-electron chi connectivity index (χ1n) is 8.53. The zero-order valence-corrected chi connectivity index (χ0v) is 15.7. The Hall–Kier alpha value is -3.61. The van der Waals surface area contributed by atoms with E-state index in [1.807, 2.05) is 32.9 Å². The molecule has 7 nitrogen and oxygen atoms in total. The van der Waals surface area contributed by atoms with Crippen molar-refractivity contribution in [3.8, 4) is 11.5 Å². The summed E-state index contributed by atoms with van der Waals surface area (Å²) in [5, 5.41) is 0.482. The number of carbonyl (C=O) groups excluding carboxylic acids is 2. The van der Waals surface area contributed by atoms with Gasteiger partial charge in [0.2, 0.25) is 0 Å². The number of amides is 1. The molecule has 1 heterocycles. The van der Waals surface area contributed by atoms with Crippen LogP contribution in [0, 0.1) is 20.8 Å². The molecule has 3 rings (SSSR count). The second-order valence-corrected chi connectivity index (χ2v) is 6.48. The highest BCUT2D eigenvalue weighted by Gasteiger charge is 2.13. The average Bonchev–Trinajstić information content (AvgIpc) is 2.62. The van der Waals surface area contributed by atoms with E-state index in [4.69, 9.17) is 19.6 Å². The van der Waals surface area contributed by atoms with Gasteiger partial charge >= 0.3 is 11.6 Å². The summed E-state index contributed by atoms with van der Waals surface area (Å²) in [6, 6.07) is 9.70. The maximum absolute atomic E-state index is 12.1. The zero-order valence-electron chi connectivity index (χ0n) is 15.7. The smallest absolute Gasteiger partial charge is 0.349 e. The van der Waals surface area contributed by atoms with Gasteiger partial charge in [0.25, 0.3) is 5.91 Å². The molecule has 0 aliphatic rings. The van der Waals surface area contributed by atoms with E-state index >= 15 is 0 Å². The van der Waals surface area contributed by atoms with Crippen LogP contribution in [0.2, 0.25) is 0 Å². The topological polar surface area (TPSA) is 109 Å². The minimum Gasteiger partial charge on any atom is -0.482 e. The van der Waals surface area contributed by atoms with Crippen molar-refractivity contribution in [2.45, 2.75) is 20.8 Å². The predicted molar refractivity (Wildman–Crippen MR) is 103 cm³/mol. The summed E-state index contributed by atoms with van der Waals surface area (Å²) in [6.07, 6.45) is 0. The van der Waals surface area contributed by atoms with Crippen molar-refractivity contribution in [2.24, 2.45) is 5.73 Å². The second-order valence-electron chi connectivity index (χ2n) is 6.48. The highest BCUT2D eigenvalue weighted by Crippen LogP contribution is 2.24. The quantitative estimate of drug-likeness (QED) is 0.413. The van der Waals surface area contributed by atoms with Crippen molar-refractivity contribution in [3.05, 3.63) is 69.1 Å². The molecule has 3 aromatic rings. The van der Waals surface area contributed by atoms with Crippen molar-refractivity contribution >= 4 is 22.8 Å². The molecule has 0 unspecified atom stereocenters. The number of aryl methyl sites for hydroxylation is 2. The first kappa shape index (κ1) is 19.2. The largest absolute Gasteiger partial charge is 0.482 e. The average molecular weight is 381 g/mol. The number of benzene rings is 2. The molecule has 0 radical (unpaired) electrons. The Balaban J connectivity index is 1.74. The summed E-state index contributed by atoms with van der Waals surface area (Å²) < 4.78 is 15.9. The van der Waals surface area contributed by atoms with Crippen LogP contribution < -0.4 is 20.8 Å². The third-order valence-electron chi connectivity index (χ3n) is 4.31. The van der Waals surface area contributed by atoms with Crippen LogP contribution in [-0.2, 0) is 4.79 Å². The number of esters is 1. The van der Waals surface area contributed by atoms with Crippen molar-refractivity contribution in [2.75, 3.05) is 6.61 Å². The monoisotopic (exact) mass is 381 g/mol. The number of fused-ring (bicyclic) bond motifs is 1. The number of primary amides is 1. The first-order valence-corrected chi connectivity index (χ1v) is 8.53. The van der Waals surface area contributed by atoms with Gasteiger partial charge in [-0.05, 0) is 61.7 Å². The van der Waals surface area contributed by atoms with Crippen molar-refractivity contribution < 1.29 is 23.5 Å². The number of ether oxygens (including phenoxy) is 2. The number of rotatable bonds is 5. The Morgan fingerprint density at radius 2 is 1.82 bits per heavy atom. The minimum absolute atomic E-state index is 0.173. The molecule has 1 amide bonds. The van der Waals surface area contributed by atoms with E-state index in [0.29, 0.717) is 11.1 Å². The van der Waals surface area contributed by atoms with Crippen LogP contribution in [-0.4, -0.2) is 18.5 Å². The molecule has 0 aliphatic carbocycles. The molecule has 7 heteroatoms. The summed E-state index contributed by atoms with van der Waals surface area (Å²) >= 11 is 0. The second kappa shape index (κ2) is 7.56. The number of nitrogens with two attached hydrogens (primary N) is 1. The van der Waals surface area contributed by atoms with Crippen LogP contribution in [0.15, 0.2) is 45.6 Å². The third kappa shape index (κ3) is 4.03. The summed E-state index contributed by atoms with van der Waals surface area (Å²) in [5.74, 6) is -0.662. The Kier molecular flexibility index (Phi) is 5.17. The third-order valence-corrected chi connectivity index (χ3v) is 4.31. The van der Waals surface area contributed by atoms with Gasteiger partial charge in [-0.25, -0.2) is 9.59 Å². The number of hydrogen-bond acceptors (Lipinski definition) is 6. The Labute approximate surface area is 160 Å². The van der Waals surface area contributed by atoms with Crippen molar-refractivity contribution in [1.29, 1.82) is 0 Å². The molecule has 0 spiro atoms. The van der Waals surface area contributed by atoms with Gasteiger partial charge in [0, 0.05) is 11.5 Å². The molecule has 2 aromatic carbocycles. The summed E-state index contributed by atoms with van der Waals surface area (Å²) in [5.41, 5.74) is 7.27. The highest BCUT2D eigenvalue weighted by molar-refractivity contribution is 5.95. The van der Waals surface area contributed by atoms with E-state index in [1.54, 1.807) is 6.07 Å². The van der Waals surface area contributed by atoms with E-state index in [2.05, 4.69) is 0 Å². The van der Waals surface area contributed by atoms with Crippen LogP contribution in [0.4, 0.5) is 0 Å². The SMILES string of the molecule is Cc1cc(C)c(C)c(OCC(=O)Oc2ccc3cc(C(N)=O)c(=O)oc3c2)c1. The van der Waals surface area contributed by atoms with Gasteiger partial charge in [-0.3, -0.25) is 4.79 Å². The van der Waals surface area contributed by atoms with Gasteiger partial charge in [0.15, 0.2) is 6.61 Å². The first-order chi connectivity index (χ1) is 13.2. The summed E-state index contributed by atoms with van der Waals surface area (Å²) in [7, 11) is 0. The molecule has 0 saturated heterocycles. The lowest BCUT2D eigenvalue weighted by atomic mass is 10.1. The molecule has 0 aliphatic heterocycles. The fraction of sp³-hybridized carbons (Fsp3) is 0.190. The van der Waals surface area contributed by atoms with E-state index in [1.165, 1.54) is 18.2 Å². The Morgan fingerprint density at radius 3 is 2.54 bits per heavy atom. The number of carbonyl (C=O) groups is 2. The normalized spacial score (nSPS) is 10.7. The van der Waals surface area contributed by atoms with Crippen LogP contribution in [0.1, 0.15) is 27.0 Å². The zero-order chi connectivity index (χ0) is 20.4. The standard InChI is InChI=1S/C21H19NO6/c1-11-6-12(2)13(3)17(7-11)26-10-19(23)27-15-5-4-14-8-16(20(22)24)21(25)28-18(14)9-15/h4-9H,10H2,1-3H3,(H2,22,24). The lowest BCUT2D eigenvalue weighted by molar-refractivity contribution is -0.136. The fourth-order valence-corrected chi connectivity index (χ4v) is 2.78. The lowest BCUT2D eigenvalue weighted by Gasteiger charge is -2.12. The number of hydrogen-bond donors (Lipinski definition) is 1. The van der Waals surface area contributed by atoms with Gasteiger partial charge in [0.1, 0.15) is 22.6 Å². The molecular weight excluding hydrogens is 362 g/mol.